The quantitative estimate of drug-likeness (QED) is 0.140. The van der Waals surface area contributed by atoms with Gasteiger partial charge in [-0.3, -0.25) is 4.79 Å². The van der Waals surface area contributed by atoms with Gasteiger partial charge < -0.3 is 69.3 Å². The predicted octanol–water partition coefficient (Wildman–Crippen LogP) is -1.78. The Balaban J connectivity index is 1.48. The highest BCUT2D eigenvalue weighted by molar-refractivity contribution is 5.86. The highest BCUT2D eigenvalue weighted by Crippen LogP contribution is 2.36. The van der Waals surface area contributed by atoms with Gasteiger partial charge in [-0.2, -0.15) is 0 Å². The Hall–Kier alpha value is -3.51. The van der Waals surface area contributed by atoms with E-state index in [1.54, 1.807) is 0 Å². The van der Waals surface area contributed by atoms with Crippen LogP contribution in [0.15, 0.2) is 45.6 Å². The number of aliphatic hydroxyl groups is 6. The van der Waals surface area contributed by atoms with E-state index in [2.05, 4.69) is 0 Å². The largest absolute Gasteiger partial charge is 0.507 e. The molecule has 41 heavy (non-hydrogen) atoms. The molecule has 1 aromatic heterocycles. The first-order valence-corrected chi connectivity index (χ1v) is 12.4. The van der Waals surface area contributed by atoms with Gasteiger partial charge in [0.25, 0.3) is 0 Å². The SMILES string of the molecule is O=c1cc(-c2ccc(O)c(O)c2)oc2cc(OC3OC(CO)C(O)C(O)C3OC3OCC(O)(CO)C3O)cc(O)c12. The molecule has 222 valence electrons. The molecule has 9 N–H and O–H groups in total. The van der Waals surface area contributed by atoms with Crippen LogP contribution in [-0.4, -0.2) is 114 Å². The van der Waals surface area contributed by atoms with Crippen molar-refractivity contribution in [3.8, 4) is 34.3 Å². The van der Waals surface area contributed by atoms with Gasteiger partial charge in [0.15, 0.2) is 29.3 Å². The summed E-state index contributed by atoms with van der Waals surface area (Å²) in [6.07, 6.45) is -11.4. The zero-order valence-electron chi connectivity index (χ0n) is 21.1. The number of hydrogen-bond acceptors (Lipinski definition) is 15. The summed E-state index contributed by atoms with van der Waals surface area (Å²) >= 11 is 0. The maximum Gasteiger partial charge on any atom is 0.229 e. The first-order chi connectivity index (χ1) is 19.4. The Morgan fingerprint density at radius 1 is 0.927 bits per heavy atom. The Labute approximate surface area is 230 Å². The lowest BCUT2D eigenvalue weighted by molar-refractivity contribution is -0.318. The number of aromatic hydroxyl groups is 3. The fourth-order valence-corrected chi connectivity index (χ4v) is 4.62. The minimum absolute atomic E-state index is 0.0212. The summed E-state index contributed by atoms with van der Waals surface area (Å²) in [6.45, 7) is -2.11. The second-order valence-corrected chi connectivity index (χ2v) is 9.81. The Kier molecular flexibility index (Phi) is 7.82. The smallest absolute Gasteiger partial charge is 0.229 e. The van der Waals surface area contributed by atoms with E-state index in [-0.39, 0.29) is 33.8 Å². The van der Waals surface area contributed by atoms with Gasteiger partial charge in [0.2, 0.25) is 6.29 Å². The van der Waals surface area contributed by atoms with E-state index in [1.807, 2.05) is 0 Å². The second-order valence-electron chi connectivity index (χ2n) is 9.81. The Morgan fingerprint density at radius 3 is 2.34 bits per heavy atom. The lowest BCUT2D eigenvalue weighted by atomic mass is 9.98. The Morgan fingerprint density at radius 2 is 1.68 bits per heavy atom. The predicted molar refractivity (Wildman–Crippen MR) is 134 cm³/mol. The van der Waals surface area contributed by atoms with Gasteiger partial charge in [0.1, 0.15) is 58.2 Å². The van der Waals surface area contributed by atoms with Crippen LogP contribution in [0.4, 0.5) is 0 Å². The fourth-order valence-electron chi connectivity index (χ4n) is 4.62. The number of fused-ring (bicyclic) bond motifs is 1. The lowest BCUT2D eigenvalue weighted by Crippen LogP contribution is -2.62. The van der Waals surface area contributed by atoms with Crippen molar-refractivity contribution in [1.29, 1.82) is 0 Å². The van der Waals surface area contributed by atoms with E-state index in [1.165, 1.54) is 18.2 Å². The molecule has 0 aliphatic carbocycles. The molecule has 3 aromatic rings. The molecule has 2 fully saturated rings. The average Bonchev–Trinajstić information content (AvgIpc) is 3.22. The number of benzene rings is 2. The van der Waals surface area contributed by atoms with Crippen LogP contribution < -0.4 is 10.2 Å². The molecule has 0 radical (unpaired) electrons. The van der Waals surface area contributed by atoms with E-state index >= 15 is 0 Å². The zero-order chi connectivity index (χ0) is 29.6. The first-order valence-electron chi connectivity index (χ1n) is 12.4. The van der Waals surface area contributed by atoms with Crippen molar-refractivity contribution in [2.45, 2.75) is 48.7 Å². The topological polar surface area (TPSA) is 249 Å². The normalized spacial score (nSPS) is 31.9. The third kappa shape index (κ3) is 5.30. The molecule has 3 heterocycles. The number of rotatable bonds is 7. The van der Waals surface area contributed by atoms with Crippen LogP contribution in [0.5, 0.6) is 23.0 Å². The van der Waals surface area contributed by atoms with Crippen molar-refractivity contribution in [2.24, 2.45) is 0 Å². The van der Waals surface area contributed by atoms with Gasteiger partial charge in [-0.1, -0.05) is 0 Å². The number of aliphatic hydroxyl groups excluding tert-OH is 5. The summed E-state index contributed by atoms with van der Waals surface area (Å²) in [4.78, 5) is 12.8. The molecule has 15 heteroatoms. The fraction of sp³-hybridized carbons (Fsp3) is 0.423. The van der Waals surface area contributed by atoms with Crippen molar-refractivity contribution in [3.05, 3.63) is 46.6 Å². The zero-order valence-corrected chi connectivity index (χ0v) is 21.1. The van der Waals surface area contributed by atoms with Crippen LogP contribution >= 0.6 is 0 Å². The molecule has 8 atom stereocenters. The van der Waals surface area contributed by atoms with Crippen LogP contribution in [0.25, 0.3) is 22.3 Å². The standard InChI is InChI=1S/C26H28O15/c27-7-18-20(33)21(34)22(41-25-23(35)26(36,8-28)9-37-25)24(40-18)38-11-4-14(31)19-15(32)6-16(39-17(19)5-11)10-1-2-12(29)13(30)3-10/h1-6,18,20-25,27-31,33-36H,7-9H2. The van der Waals surface area contributed by atoms with Crippen LogP contribution in [0.3, 0.4) is 0 Å². The minimum Gasteiger partial charge on any atom is -0.507 e. The van der Waals surface area contributed by atoms with Crippen molar-refractivity contribution in [3.63, 3.8) is 0 Å². The Bertz CT molecular complexity index is 1470. The van der Waals surface area contributed by atoms with Crippen molar-refractivity contribution < 1.29 is 69.3 Å². The maximum atomic E-state index is 12.8. The molecular weight excluding hydrogens is 552 g/mol. The van der Waals surface area contributed by atoms with Crippen LogP contribution in [-0.2, 0) is 14.2 Å². The first kappa shape index (κ1) is 29.0. The molecule has 2 saturated heterocycles. The molecular formula is C26H28O15. The highest BCUT2D eigenvalue weighted by atomic mass is 16.8. The van der Waals surface area contributed by atoms with Crippen LogP contribution in [0.1, 0.15) is 0 Å². The van der Waals surface area contributed by atoms with Crippen molar-refractivity contribution >= 4 is 11.0 Å². The van der Waals surface area contributed by atoms with E-state index in [0.29, 0.717) is 0 Å². The summed E-state index contributed by atoms with van der Waals surface area (Å²) in [6, 6.07) is 7.06. The summed E-state index contributed by atoms with van der Waals surface area (Å²) in [5, 5.41) is 90.5. The molecule has 2 aliphatic heterocycles. The minimum atomic E-state index is -2.05. The summed E-state index contributed by atoms with van der Waals surface area (Å²) in [5.41, 5.74) is -2.63. The van der Waals surface area contributed by atoms with Gasteiger partial charge in [0, 0.05) is 23.8 Å². The molecule has 0 bridgehead atoms. The molecule has 0 spiro atoms. The molecule has 2 aliphatic rings. The molecule has 0 amide bonds. The van der Waals surface area contributed by atoms with Crippen molar-refractivity contribution in [1.82, 2.24) is 0 Å². The van der Waals surface area contributed by atoms with Crippen molar-refractivity contribution in [2.75, 3.05) is 19.8 Å². The maximum absolute atomic E-state index is 12.8. The van der Waals surface area contributed by atoms with Gasteiger partial charge >= 0.3 is 0 Å². The molecule has 5 rings (SSSR count). The third-order valence-electron chi connectivity index (χ3n) is 6.99. The lowest BCUT2D eigenvalue weighted by Gasteiger charge is -2.42. The average molecular weight is 580 g/mol. The molecule has 8 unspecified atom stereocenters. The summed E-state index contributed by atoms with van der Waals surface area (Å²) < 4.78 is 27.9. The van der Waals surface area contributed by atoms with E-state index < -0.39 is 85.4 Å². The molecule has 15 nitrogen and oxygen atoms in total. The van der Waals surface area contributed by atoms with Gasteiger partial charge in [-0.05, 0) is 18.2 Å². The summed E-state index contributed by atoms with van der Waals surface area (Å²) in [5.74, 6) is -1.60. The van der Waals surface area contributed by atoms with E-state index in [0.717, 1.165) is 18.2 Å². The number of phenolic OH excluding ortho intramolecular Hbond substituents is 3. The van der Waals surface area contributed by atoms with Crippen LogP contribution in [0.2, 0.25) is 0 Å². The van der Waals surface area contributed by atoms with Crippen LogP contribution in [0, 0.1) is 0 Å². The third-order valence-corrected chi connectivity index (χ3v) is 6.99. The second kappa shape index (κ2) is 11.1. The summed E-state index contributed by atoms with van der Waals surface area (Å²) in [7, 11) is 0. The van der Waals surface area contributed by atoms with Gasteiger partial charge in [-0.25, -0.2) is 0 Å². The highest BCUT2D eigenvalue weighted by Gasteiger charge is 2.53. The van der Waals surface area contributed by atoms with E-state index in [9.17, 15) is 50.8 Å². The van der Waals surface area contributed by atoms with E-state index in [4.69, 9.17) is 23.4 Å². The van der Waals surface area contributed by atoms with Gasteiger partial charge in [0.05, 0.1) is 19.8 Å². The molecule has 2 aromatic carbocycles. The number of ether oxygens (including phenoxy) is 4. The van der Waals surface area contributed by atoms with Gasteiger partial charge in [-0.15, -0.1) is 0 Å². The molecule has 0 saturated carbocycles. The monoisotopic (exact) mass is 580 g/mol. The number of hydrogen-bond donors (Lipinski definition) is 9. The number of phenols is 3.